The van der Waals surface area contributed by atoms with Crippen LogP contribution in [0.15, 0.2) is 0 Å². The second-order valence-corrected chi connectivity index (χ2v) is 6.18. The first-order valence-electron chi connectivity index (χ1n) is 6.84. The normalized spacial score (nSPS) is 26.8. The van der Waals surface area contributed by atoms with Gasteiger partial charge in [-0.05, 0) is 52.1 Å². The van der Waals surface area contributed by atoms with Crippen molar-refractivity contribution in [3.05, 3.63) is 0 Å². The molecule has 0 aliphatic carbocycles. The second kappa shape index (κ2) is 6.37. The van der Waals surface area contributed by atoms with Crippen molar-refractivity contribution in [3.63, 3.8) is 0 Å². The summed E-state index contributed by atoms with van der Waals surface area (Å²) >= 11 is 0. The van der Waals surface area contributed by atoms with Gasteiger partial charge in [0.15, 0.2) is 0 Å². The van der Waals surface area contributed by atoms with Gasteiger partial charge in [-0.3, -0.25) is 0 Å². The monoisotopic (exact) mass is 237 g/mol. The summed E-state index contributed by atoms with van der Waals surface area (Å²) in [5, 5.41) is 8.93. The molecule has 17 heavy (non-hydrogen) atoms. The zero-order valence-corrected chi connectivity index (χ0v) is 11.6. The van der Waals surface area contributed by atoms with Gasteiger partial charge in [0.05, 0.1) is 11.5 Å². The molecule has 0 amide bonds. The van der Waals surface area contributed by atoms with E-state index < -0.39 is 0 Å². The molecule has 2 atom stereocenters. The number of likely N-dealkylation sites (tertiary alicyclic amines) is 1. The van der Waals surface area contributed by atoms with E-state index in [0.717, 1.165) is 25.9 Å². The fourth-order valence-electron chi connectivity index (χ4n) is 2.33. The van der Waals surface area contributed by atoms with Gasteiger partial charge in [0, 0.05) is 12.6 Å². The summed E-state index contributed by atoms with van der Waals surface area (Å²) in [6, 6.07) is 2.71. The van der Waals surface area contributed by atoms with Gasteiger partial charge in [-0.25, -0.2) is 0 Å². The van der Waals surface area contributed by atoms with Gasteiger partial charge >= 0.3 is 0 Å². The molecule has 0 aromatic heterocycles. The first-order chi connectivity index (χ1) is 7.94. The lowest BCUT2D eigenvalue weighted by Gasteiger charge is -2.35. The van der Waals surface area contributed by atoms with Crippen LogP contribution in [0.25, 0.3) is 0 Å². The molecule has 2 N–H and O–H groups in total. The first kappa shape index (κ1) is 14.5. The Hall–Kier alpha value is -0.590. The fraction of sp³-hybridized carbons (Fsp3) is 0.929. The van der Waals surface area contributed by atoms with E-state index >= 15 is 0 Å². The third kappa shape index (κ3) is 5.06. The highest BCUT2D eigenvalue weighted by molar-refractivity contribution is 4.91. The predicted octanol–water partition coefficient (Wildman–Crippen LogP) is 2.38. The zero-order chi connectivity index (χ0) is 12.9. The highest BCUT2D eigenvalue weighted by atomic mass is 15.1. The molecule has 0 bridgehead atoms. The molecular weight excluding hydrogens is 210 g/mol. The summed E-state index contributed by atoms with van der Waals surface area (Å²) in [6.45, 7) is 9.66. The lowest BCUT2D eigenvalue weighted by molar-refractivity contribution is 0.165. The molecule has 0 spiro atoms. The van der Waals surface area contributed by atoms with Crippen LogP contribution in [-0.2, 0) is 0 Å². The van der Waals surface area contributed by atoms with Crippen LogP contribution < -0.4 is 5.73 Å². The van der Waals surface area contributed by atoms with Crippen molar-refractivity contribution in [2.75, 3.05) is 19.6 Å². The van der Waals surface area contributed by atoms with Crippen molar-refractivity contribution in [1.29, 1.82) is 5.26 Å². The van der Waals surface area contributed by atoms with Crippen molar-refractivity contribution in [1.82, 2.24) is 4.90 Å². The van der Waals surface area contributed by atoms with E-state index in [2.05, 4.69) is 17.9 Å². The predicted molar refractivity (Wildman–Crippen MR) is 71.4 cm³/mol. The Bertz CT molecular complexity index is 267. The molecule has 0 saturated carbocycles. The molecule has 0 radical (unpaired) electrons. The molecule has 2 unspecified atom stereocenters. The van der Waals surface area contributed by atoms with Crippen LogP contribution in [0.5, 0.6) is 0 Å². The summed E-state index contributed by atoms with van der Waals surface area (Å²) in [5.41, 5.74) is 5.92. The Labute approximate surface area is 106 Å². The Morgan fingerprint density at radius 1 is 1.41 bits per heavy atom. The van der Waals surface area contributed by atoms with Crippen LogP contribution in [0.4, 0.5) is 0 Å². The van der Waals surface area contributed by atoms with Crippen LogP contribution in [0, 0.1) is 22.7 Å². The van der Waals surface area contributed by atoms with E-state index in [1.165, 1.54) is 19.4 Å². The molecule has 1 rings (SSSR count). The molecule has 1 heterocycles. The summed E-state index contributed by atoms with van der Waals surface area (Å²) in [4.78, 5) is 2.48. The lowest BCUT2D eigenvalue weighted by Crippen LogP contribution is -2.47. The summed E-state index contributed by atoms with van der Waals surface area (Å²) in [6.07, 6.45) is 4.55. The van der Waals surface area contributed by atoms with Gasteiger partial charge < -0.3 is 10.6 Å². The number of piperidine rings is 1. The number of nitriles is 1. The van der Waals surface area contributed by atoms with Crippen LogP contribution in [0.2, 0.25) is 0 Å². The minimum absolute atomic E-state index is 0.160. The standard InChI is InChI=1S/C14H27N3/c1-12-6-9-17(10-13(12)16)8-5-4-7-14(2,3)11-15/h12-13H,4-10,16H2,1-3H3. The number of rotatable bonds is 5. The van der Waals surface area contributed by atoms with Crippen molar-refractivity contribution in [2.45, 2.75) is 52.5 Å². The van der Waals surface area contributed by atoms with Gasteiger partial charge in [-0.2, -0.15) is 5.26 Å². The third-order valence-electron chi connectivity index (χ3n) is 3.93. The summed E-state index contributed by atoms with van der Waals surface area (Å²) in [7, 11) is 0. The number of hydrogen-bond donors (Lipinski definition) is 1. The summed E-state index contributed by atoms with van der Waals surface area (Å²) < 4.78 is 0. The second-order valence-electron chi connectivity index (χ2n) is 6.18. The average molecular weight is 237 g/mol. The van der Waals surface area contributed by atoms with Gasteiger partial charge in [0.1, 0.15) is 0 Å². The molecule has 3 nitrogen and oxygen atoms in total. The quantitative estimate of drug-likeness (QED) is 0.747. The van der Waals surface area contributed by atoms with E-state index in [4.69, 9.17) is 11.0 Å². The maximum absolute atomic E-state index is 8.93. The van der Waals surface area contributed by atoms with Crippen molar-refractivity contribution in [3.8, 4) is 6.07 Å². The fourth-order valence-corrected chi connectivity index (χ4v) is 2.33. The highest BCUT2D eigenvalue weighted by Crippen LogP contribution is 2.22. The van der Waals surface area contributed by atoms with Crippen LogP contribution in [0.3, 0.4) is 0 Å². The Balaban J connectivity index is 2.14. The molecule has 3 heteroatoms. The van der Waals surface area contributed by atoms with Crippen molar-refractivity contribution >= 4 is 0 Å². The van der Waals surface area contributed by atoms with E-state index in [1.807, 2.05) is 13.8 Å². The van der Waals surface area contributed by atoms with Crippen LogP contribution >= 0.6 is 0 Å². The number of hydrogen-bond acceptors (Lipinski definition) is 3. The molecule has 0 aromatic carbocycles. The molecular formula is C14H27N3. The lowest BCUT2D eigenvalue weighted by atomic mass is 9.89. The topological polar surface area (TPSA) is 53.0 Å². The smallest absolute Gasteiger partial charge is 0.0683 e. The minimum Gasteiger partial charge on any atom is -0.326 e. The van der Waals surface area contributed by atoms with E-state index in [9.17, 15) is 0 Å². The van der Waals surface area contributed by atoms with Crippen LogP contribution in [0.1, 0.15) is 46.5 Å². The highest BCUT2D eigenvalue weighted by Gasteiger charge is 2.22. The largest absolute Gasteiger partial charge is 0.326 e. The van der Waals surface area contributed by atoms with Crippen LogP contribution in [-0.4, -0.2) is 30.6 Å². The number of nitrogens with zero attached hydrogens (tertiary/aromatic N) is 2. The zero-order valence-electron chi connectivity index (χ0n) is 11.6. The minimum atomic E-state index is -0.160. The van der Waals surface area contributed by atoms with Gasteiger partial charge in [-0.1, -0.05) is 13.3 Å². The van der Waals surface area contributed by atoms with Gasteiger partial charge in [0.2, 0.25) is 0 Å². The van der Waals surface area contributed by atoms with Gasteiger partial charge in [0.25, 0.3) is 0 Å². The van der Waals surface area contributed by atoms with Gasteiger partial charge in [-0.15, -0.1) is 0 Å². The van der Waals surface area contributed by atoms with E-state index in [1.54, 1.807) is 0 Å². The van der Waals surface area contributed by atoms with E-state index in [-0.39, 0.29) is 5.41 Å². The Morgan fingerprint density at radius 3 is 2.71 bits per heavy atom. The number of nitrogens with two attached hydrogens (primary N) is 1. The first-order valence-corrected chi connectivity index (χ1v) is 6.84. The van der Waals surface area contributed by atoms with E-state index in [0.29, 0.717) is 12.0 Å². The van der Waals surface area contributed by atoms with Crippen molar-refractivity contribution in [2.24, 2.45) is 17.1 Å². The average Bonchev–Trinajstić information content (AvgIpc) is 2.29. The maximum atomic E-state index is 8.93. The SMILES string of the molecule is CC1CCN(CCCCC(C)(C)C#N)CC1N. The Kier molecular flexibility index (Phi) is 5.42. The van der Waals surface area contributed by atoms with Crippen molar-refractivity contribution < 1.29 is 0 Å². The molecule has 1 saturated heterocycles. The summed E-state index contributed by atoms with van der Waals surface area (Å²) in [5.74, 6) is 0.670. The molecule has 1 fully saturated rings. The maximum Gasteiger partial charge on any atom is 0.0683 e. The molecule has 1 aliphatic rings. The Morgan fingerprint density at radius 2 is 2.12 bits per heavy atom. The molecule has 0 aromatic rings. The molecule has 98 valence electrons. The number of unbranched alkanes of at least 4 members (excludes halogenated alkanes) is 1. The molecule has 1 aliphatic heterocycles. The third-order valence-corrected chi connectivity index (χ3v) is 3.93.